The number of anilines is 1. The van der Waals surface area contributed by atoms with Crippen molar-refractivity contribution in [3.8, 4) is 11.5 Å². The first-order chi connectivity index (χ1) is 10.4. The first-order valence-corrected chi connectivity index (χ1v) is 7.73. The molecule has 0 fully saturated rings. The summed E-state index contributed by atoms with van der Waals surface area (Å²) in [6.07, 6.45) is 5.49. The van der Waals surface area contributed by atoms with Gasteiger partial charge in [0.05, 0.1) is 19.2 Å². The van der Waals surface area contributed by atoms with Crippen LogP contribution in [-0.2, 0) is 4.57 Å². The summed E-state index contributed by atoms with van der Waals surface area (Å²) in [6.45, 7) is 0. The van der Waals surface area contributed by atoms with E-state index < -0.39 is 7.82 Å². The van der Waals surface area contributed by atoms with Crippen molar-refractivity contribution < 1.29 is 28.4 Å². The normalized spacial score (nSPS) is 14.1. The van der Waals surface area contributed by atoms with Gasteiger partial charge in [0.2, 0.25) is 0 Å². The zero-order chi connectivity index (χ0) is 16.2. The van der Waals surface area contributed by atoms with Crippen molar-refractivity contribution >= 4 is 19.2 Å². The quantitative estimate of drug-likeness (QED) is 0.433. The molecular formula is C13H14N3O5P. The van der Waals surface area contributed by atoms with Crippen LogP contribution in [0.5, 0.6) is 11.5 Å². The zero-order valence-electron chi connectivity index (χ0n) is 11.6. The van der Waals surface area contributed by atoms with Gasteiger partial charge in [-0.3, -0.25) is 9.79 Å². The van der Waals surface area contributed by atoms with Crippen molar-refractivity contribution in [3.05, 3.63) is 47.7 Å². The van der Waals surface area contributed by atoms with E-state index in [2.05, 4.69) is 14.6 Å². The minimum Gasteiger partial charge on any atom is -0.497 e. The first-order valence-electron chi connectivity index (χ1n) is 6.20. The van der Waals surface area contributed by atoms with Crippen LogP contribution in [0.1, 0.15) is 6.42 Å². The van der Waals surface area contributed by atoms with Crippen molar-refractivity contribution in [1.82, 2.24) is 0 Å². The Kier molecular flexibility index (Phi) is 4.80. The van der Waals surface area contributed by atoms with Crippen molar-refractivity contribution in [2.75, 3.05) is 12.4 Å². The predicted octanol–water partition coefficient (Wildman–Crippen LogP) is 2.09. The summed E-state index contributed by atoms with van der Waals surface area (Å²) < 4.78 is 20.7. The highest BCUT2D eigenvalue weighted by atomic mass is 31.2. The average Bonchev–Trinajstić information content (AvgIpc) is 2.48. The molecule has 0 amide bonds. The Labute approximate surface area is 126 Å². The zero-order valence-corrected chi connectivity index (χ0v) is 12.5. The predicted molar refractivity (Wildman–Crippen MR) is 79.8 cm³/mol. The Morgan fingerprint density at radius 3 is 2.68 bits per heavy atom. The summed E-state index contributed by atoms with van der Waals surface area (Å²) in [5.41, 5.74) is 10.2. The third-order valence-electron chi connectivity index (χ3n) is 2.80. The SMILES string of the molecule is COc1ccc(NC2=CCC(=[N+]=[N-])C=C2)c(OP(=O)(O)O)c1. The maximum absolute atomic E-state index is 11.1. The molecule has 22 heavy (non-hydrogen) atoms. The highest BCUT2D eigenvalue weighted by Gasteiger charge is 2.20. The molecule has 1 aliphatic rings. The molecule has 0 saturated heterocycles. The molecule has 1 aromatic rings. The molecule has 0 aromatic heterocycles. The Hall–Kier alpha value is -2.37. The molecule has 2 rings (SSSR count). The number of methoxy groups -OCH3 is 1. The molecule has 0 atom stereocenters. The van der Waals surface area contributed by atoms with Crippen LogP contribution in [0, 0.1) is 0 Å². The molecule has 9 heteroatoms. The van der Waals surface area contributed by atoms with E-state index in [1.165, 1.54) is 13.2 Å². The summed E-state index contributed by atoms with van der Waals surface area (Å²) >= 11 is 0. The molecule has 0 radical (unpaired) electrons. The number of allylic oxidation sites excluding steroid dienone is 3. The minimum absolute atomic E-state index is 0.0383. The average molecular weight is 323 g/mol. The number of benzene rings is 1. The van der Waals surface area contributed by atoms with Gasteiger partial charge >= 0.3 is 7.82 Å². The Morgan fingerprint density at radius 2 is 2.14 bits per heavy atom. The molecular weight excluding hydrogens is 309 g/mol. The van der Waals surface area contributed by atoms with Crippen molar-refractivity contribution in [1.29, 1.82) is 0 Å². The fourth-order valence-electron chi connectivity index (χ4n) is 1.80. The Bertz CT molecular complexity index is 731. The fourth-order valence-corrected chi connectivity index (χ4v) is 2.20. The van der Waals surface area contributed by atoms with Crippen LogP contribution in [0.4, 0.5) is 5.69 Å². The molecule has 1 aliphatic carbocycles. The molecule has 0 heterocycles. The van der Waals surface area contributed by atoms with E-state index in [0.29, 0.717) is 29.3 Å². The lowest BCUT2D eigenvalue weighted by Gasteiger charge is -2.15. The van der Waals surface area contributed by atoms with Crippen molar-refractivity contribution in [3.63, 3.8) is 0 Å². The molecule has 0 aliphatic heterocycles. The molecule has 0 spiro atoms. The topological polar surface area (TPSA) is 124 Å². The van der Waals surface area contributed by atoms with Crippen LogP contribution in [0.3, 0.4) is 0 Å². The second kappa shape index (κ2) is 6.60. The van der Waals surface area contributed by atoms with Crippen molar-refractivity contribution in [2.45, 2.75) is 6.42 Å². The van der Waals surface area contributed by atoms with Crippen LogP contribution in [-0.4, -0.2) is 27.4 Å². The smallest absolute Gasteiger partial charge is 0.497 e. The van der Waals surface area contributed by atoms with Crippen LogP contribution < -0.4 is 14.6 Å². The summed E-state index contributed by atoms with van der Waals surface area (Å²) in [7, 11) is -3.26. The second-order valence-electron chi connectivity index (χ2n) is 4.36. The lowest BCUT2D eigenvalue weighted by atomic mass is 10.1. The summed E-state index contributed by atoms with van der Waals surface area (Å²) in [5.74, 6) is 0.362. The number of hydrogen-bond acceptors (Lipinski definition) is 4. The Balaban J connectivity index is 2.27. The van der Waals surface area contributed by atoms with Crippen LogP contribution in [0.25, 0.3) is 5.53 Å². The molecule has 8 nitrogen and oxygen atoms in total. The maximum atomic E-state index is 11.1. The van der Waals surface area contributed by atoms with Crippen LogP contribution in [0.15, 0.2) is 42.1 Å². The Morgan fingerprint density at radius 1 is 1.36 bits per heavy atom. The van der Waals surface area contributed by atoms with Gasteiger partial charge < -0.3 is 20.1 Å². The molecule has 116 valence electrons. The number of phosphoric ester groups is 1. The third-order valence-corrected chi connectivity index (χ3v) is 3.23. The van der Waals surface area contributed by atoms with Gasteiger partial charge in [0.1, 0.15) is 5.75 Å². The lowest BCUT2D eigenvalue weighted by Crippen LogP contribution is -2.06. The second-order valence-corrected chi connectivity index (χ2v) is 5.52. The highest BCUT2D eigenvalue weighted by molar-refractivity contribution is 7.46. The molecule has 0 saturated carbocycles. The number of nitrogens with zero attached hydrogens (tertiary/aromatic N) is 2. The lowest BCUT2D eigenvalue weighted by molar-refractivity contribution is -0.00540. The molecule has 0 bridgehead atoms. The van der Waals surface area contributed by atoms with Crippen molar-refractivity contribution in [2.24, 2.45) is 0 Å². The number of rotatable bonds is 5. The summed E-state index contributed by atoms with van der Waals surface area (Å²) in [6, 6.07) is 4.58. The van der Waals surface area contributed by atoms with Gasteiger partial charge in [-0.15, -0.1) is 0 Å². The van der Waals surface area contributed by atoms with E-state index in [-0.39, 0.29) is 5.75 Å². The maximum Gasteiger partial charge on any atom is 0.524 e. The number of ether oxygens (including phenoxy) is 1. The van der Waals surface area contributed by atoms with Gasteiger partial charge in [0, 0.05) is 17.8 Å². The summed E-state index contributed by atoms with van der Waals surface area (Å²) in [4.78, 5) is 21.1. The monoisotopic (exact) mass is 323 g/mol. The largest absolute Gasteiger partial charge is 0.524 e. The van der Waals surface area contributed by atoms with E-state index >= 15 is 0 Å². The fraction of sp³-hybridized carbons (Fsp3) is 0.154. The summed E-state index contributed by atoms with van der Waals surface area (Å²) in [5, 5.41) is 2.98. The number of hydrogen-bond donors (Lipinski definition) is 3. The van der Waals surface area contributed by atoms with Gasteiger partial charge in [-0.2, -0.15) is 4.79 Å². The van der Waals surface area contributed by atoms with E-state index in [9.17, 15) is 4.57 Å². The van der Waals surface area contributed by atoms with E-state index in [1.54, 1.807) is 30.4 Å². The van der Waals surface area contributed by atoms with Crippen LogP contribution >= 0.6 is 7.82 Å². The standard InChI is InChI=1S/C13H14N3O5P/c1-20-11-6-7-12(13(8-11)21-22(17,18)19)15-9-2-4-10(16-14)5-3-9/h2-4,6-8,15H,5H2,1H3,(H2,17,18,19). The van der Waals surface area contributed by atoms with Gasteiger partial charge in [-0.25, -0.2) is 4.57 Å². The van der Waals surface area contributed by atoms with Gasteiger partial charge in [0.25, 0.3) is 5.71 Å². The number of phosphoric acid groups is 1. The first kappa shape index (κ1) is 16.0. The van der Waals surface area contributed by atoms with E-state index in [4.69, 9.17) is 20.1 Å². The molecule has 3 N–H and O–H groups in total. The van der Waals surface area contributed by atoms with Gasteiger partial charge in [-0.1, -0.05) is 0 Å². The minimum atomic E-state index is -4.70. The van der Waals surface area contributed by atoms with Gasteiger partial charge in [0.15, 0.2) is 5.75 Å². The van der Waals surface area contributed by atoms with Gasteiger partial charge in [-0.05, 0) is 24.3 Å². The molecule has 0 unspecified atom stereocenters. The molecule has 1 aromatic carbocycles. The highest BCUT2D eigenvalue weighted by Crippen LogP contribution is 2.42. The van der Waals surface area contributed by atoms with Crippen LogP contribution in [0.2, 0.25) is 0 Å². The third kappa shape index (κ3) is 4.31. The number of nitrogens with one attached hydrogen (secondary N) is 1. The van der Waals surface area contributed by atoms with E-state index in [1.807, 2.05) is 0 Å². The van der Waals surface area contributed by atoms with E-state index in [0.717, 1.165) is 0 Å².